The zero-order chi connectivity index (χ0) is 10.1. The minimum atomic E-state index is 0. The summed E-state index contributed by atoms with van der Waals surface area (Å²) in [4.78, 5) is 0. The Morgan fingerprint density at radius 3 is 2.07 bits per heavy atom. The van der Waals surface area contributed by atoms with Crippen molar-refractivity contribution in [2.45, 2.75) is 6.42 Å². The Kier molecular flexibility index (Phi) is 8.73. The molecule has 0 unspecified atom stereocenters. The predicted octanol–water partition coefficient (Wildman–Crippen LogP) is 3.98. The second-order valence-electron chi connectivity index (χ2n) is 2.85. The fourth-order valence-electron chi connectivity index (χ4n) is 1.06. The van der Waals surface area contributed by atoms with E-state index in [4.69, 9.17) is 0 Å². The van der Waals surface area contributed by atoms with Crippen molar-refractivity contribution in [3.05, 3.63) is 72.5 Å². The van der Waals surface area contributed by atoms with Gasteiger partial charge in [0.2, 0.25) is 0 Å². The number of benzene rings is 1. The van der Waals surface area contributed by atoms with E-state index in [2.05, 4.69) is 36.6 Å². The van der Waals surface area contributed by atoms with E-state index in [1.807, 2.05) is 36.4 Å². The van der Waals surface area contributed by atoms with Gasteiger partial charge in [-0.25, -0.2) is 0 Å². The Hall–Kier alpha value is -1.12. The molecule has 0 heterocycles. The summed E-state index contributed by atoms with van der Waals surface area (Å²) in [6.07, 6.45) is 11.3. The van der Waals surface area contributed by atoms with Crippen molar-refractivity contribution < 1.29 is 20.4 Å². The van der Waals surface area contributed by atoms with E-state index in [1.165, 1.54) is 0 Å². The molecule has 0 amide bonds. The molecule has 0 N–H and O–H groups in total. The molecule has 0 radical (unpaired) electrons. The van der Waals surface area contributed by atoms with Crippen LogP contribution in [0, 0.1) is 0 Å². The van der Waals surface area contributed by atoms with Crippen LogP contribution in [0.5, 0.6) is 0 Å². The summed E-state index contributed by atoms with van der Waals surface area (Å²) in [5.74, 6) is 0. The minimum absolute atomic E-state index is 0. The van der Waals surface area contributed by atoms with Gasteiger partial charge in [-0.2, -0.15) is 0 Å². The van der Waals surface area contributed by atoms with E-state index < -0.39 is 0 Å². The van der Waals surface area contributed by atoms with Crippen LogP contribution in [-0.4, -0.2) is 0 Å². The molecule has 2 rings (SSSR count). The van der Waals surface area contributed by atoms with Crippen molar-refractivity contribution in [2.24, 2.45) is 0 Å². The van der Waals surface area contributed by atoms with Crippen LogP contribution < -0.4 is 0 Å². The van der Waals surface area contributed by atoms with Gasteiger partial charge in [0.05, 0.1) is 0 Å². The van der Waals surface area contributed by atoms with Crippen LogP contribution >= 0.6 is 0 Å². The van der Waals surface area contributed by atoms with Gasteiger partial charge in [0.15, 0.2) is 0 Å². The van der Waals surface area contributed by atoms with E-state index in [1.54, 1.807) is 0 Å². The van der Waals surface area contributed by atoms with E-state index in [0.29, 0.717) is 0 Å². The fraction of sp³-hybridized carbons (Fsp3) is 0.0714. The first kappa shape index (κ1) is 13.9. The molecule has 1 aromatic rings. The molecule has 0 saturated carbocycles. The molecule has 0 fully saturated rings. The van der Waals surface area contributed by atoms with Crippen LogP contribution in [0.1, 0.15) is 12.0 Å². The Balaban J connectivity index is 0.000000280. The van der Waals surface area contributed by atoms with Crippen molar-refractivity contribution >= 4 is 6.08 Å². The predicted molar refractivity (Wildman–Crippen MR) is 62.9 cm³/mol. The molecule has 15 heavy (non-hydrogen) atoms. The molecule has 1 heteroatoms. The van der Waals surface area contributed by atoms with Crippen LogP contribution in [0.2, 0.25) is 0 Å². The van der Waals surface area contributed by atoms with Gasteiger partial charge in [0.25, 0.3) is 0 Å². The molecule has 0 spiro atoms. The maximum absolute atomic E-state index is 3.48. The van der Waals surface area contributed by atoms with Crippen molar-refractivity contribution in [1.82, 2.24) is 0 Å². The van der Waals surface area contributed by atoms with Gasteiger partial charge >= 0.3 is 0 Å². The average molecular weight is 289 g/mol. The van der Waals surface area contributed by atoms with Crippen molar-refractivity contribution in [1.29, 1.82) is 0 Å². The number of rotatable bonds is 1. The van der Waals surface area contributed by atoms with Crippen molar-refractivity contribution in [3.63, 3.8) is 0 Å². The smallest absolute Gasteiger partial charge is 0 e. The SMILES string of the molecule is C1=CCC=C1.C=C=Cc1ccccc1.[Pd]. The molecule has 0 atom stereocenters. The molecule has 1 aliphatic rings. The van der Waals surface area contributed by atoms with Gasteiger partial charge in [-0.1, -0.05) is 61.2 Å². The van der Waals surface area contributed by atoms with Gasteiger partial charge in [-0.3, -0.25) is 0 Å². The van der Waals surface area contributed by atoms with Crippen molar-refractivity contribution in [3.8, 4) is 0 Å². The van der Waals surface area contributed by atoms with E-state index in [-0.39, 0.29) is 20.4 Å². The van der Waals surface area contributed by atoms with E-state index in [0.717, 1.165) is 12.0 Å². The van der Waals surface area contributed by atoms with Crippen LogP contribution in [0.15, 0.2) is 66.9 Å². The minimum Gasteiger partial charge on any atom is -0.128 e. The maximum atomic E-state index is 3.48. The molecular formula is C14H14Pd. The normalized spacial score (nSPS) is 10.7. The zero-order valence-electron chi connectivity index (χ0n) is 8.50. The summed E-state index contributed by atoms with van der Waals surface area (Å²) in [5.41, 5.74) is 3.85. The average Bonchev–Trinajstić information content (AvgIpc) is 2.78. The fourth-order valence-corrected chi connectivity index (χ4v) is 1.06. The monoisotopic (exact) mass is 288 g/mol. The zero-order valence-corrected chi connectivity index (χ0v) is 10.1. The third kappa shape index (κ3) is 6.89. The molecule has 1 aliphatic carbocycles. The van der Waals surface area contributed by atoms with Crippen LogP contribution in [0.25, 0.3) is 6.08 Å². The summed E-state index contributed by atoms with van der Waals surface area (Å²) in [6, 6.07) is 9.99. The summed E-state index contributed by atoms with van der Waals surface area (Å²) in [7, 11) is 0. The number of allylic oxidation sites excluding steroid dienone is 4. The van der Waals surface area contributed by atoms with E-state index >= 15 is 0 Å². The molecule has 0 nitrogen and oxygen atoms in total. The third-order valence-corrected chi connectivity index (χ3v) is 1.72. The van der Waals surface area contributed by atoms with Crippen molar-refractivity contribution in [2.75, 3.05) is 0 Å². The second kappa shape index (κ2) is 9.44. The third-order valence-electron chi connectivity index (χ3n) is 1.72. The molecule has 0 bridgehead atoms. The molecule has 0 aromatic heterocycles. The Bertz CT molecular complexity index is 344. The molecule has 1 aromatic carbocycles. The standard InChI is InChI=1S/C9H8.C5H6.Pd/c1-2-6-9-7-4-3-5-8-9;1-2-4-5-3-1;/h3-8H,1H2;1-4H,5H2;. The van der Waals surface area contributed by atoms with Gasteiger partial charge in [0, 0.05) is 20.4 Å². The summed E-state index contributed by atoms with van der Waals surface area (Å²) in [5, 5.41) is 0. The van der Waals surface area contributed by atoms with Gasteiger partial charge in [-0.15, -0.1) is 5.73 Å². The summed E-state index contributed by atoms with van der Waals surface area (Å²) in [6.45, 7) is 3.48. The molecular weight excluding hydrogens is 275 g/mol. The molecule has 0 saturated heterocycles. The summed E-state index contributed by atoms with van der Waals surface area (Å²) < 4.78 is 0. The number of hydrogen-bond donors (Lipinski definition) is 0. The van der Waals surface area contributed by atoms with Crippen LogP contribution in [0.4, 0.5) is 0 Å². The number of hydrogen-bond acceptors (Lipinski definition) is 0. The van der Waals surface area contributed by atoms with Gasteiger partial charge < -0.3 is 0 Å². The quantitative estimate of drug-likeness (QED) is 0.541. The topological polar surface area (TPSA) is 0 Å². The van der Waals surface area contributed by atoms with Crippen LogP contribution in [-0.2, 0) is 20.4 Å². The van der Waals surface area contributed by atoms with Crippen LogP contribution in [0.3, 0.4) is 0 Å². The first-order valence-corrected chi connectivity index (χ1v) is 4.66. The largest absolute Gasteiger partial charge is 0.128 e. The first-order valence-electron chi connectivity index (χ1n) is 4.66. The molecule has 80 valence electrons. The van der Waals surface area contributed by atoms with Gasteiger partial charge in [-0.05, 0) is 18.1 Å². The maximum Gasteiger partial charge on any atom is 0 e. The van der Waals surface area contributed by atoms with Gasteiger partial charge in [0.1, 0.15) is 0 Å². The Morgan fingerprint density at radius 2 is 1.67 bits per heavy atom. The van der Waals surface area contributed by atoms with E-state index in [9.17, 15) is 0 Å². The Labute approximate surface area is 105 Å². The molecule has 0 aliphatic heterocycles. The summed E-state index contributed by atoms with van der Waals surface area (Å²) >= 11 is 0. The Morgan fingerprint density at radius 1 is 1.07 bits per heavy atom. The first-order chi connectivity index (χ1) is 6.93. The second-order valence-corrected chi connectivity index (χ2v) is 2.85.